The lowest BCUT2D eigenvalue weighted by Crippen LogP contribution is -2.30. The van der Waals surface area contributed by atoms with Gasteiger partial charge in [0.05, 0.1) is 13.2 Å². The summed E-state index contributed by atoms with van der Waals surface area (Å²) < 4.78 is 45.5. The molecule has 0 amide bonds. The van der Waals surface area contributed by atoms with Gasteiger partial charge in [0.25, 0.3) is 5.63 Å². The topological polar surface area (TPSA) is 18.5 Å². The Balaban J connectivity index is 3.35. The Labute approximate surface area is 86.3 Å². The smallest absolute Gasteiger partial charge is 0.379 e. The molecule has 0 aromatic heterocycles. The van der Waals surface area contributed by atoms with E-state index in [4.69, 9.17) is 4.74 Å². The summed E-state index contributed by atoms with van der Waals surface area (Å²) in [4.78, 5) is 0. The average Bonchev–Trinajstić information content (AvgIpc) is 2.10. The van der Waals surface area contributed by atoms with Crippen molar-refractivity contribution in [2.75, 3.05) is 19.8 Å². The third-order valence-corrected chi connectivity index (χ3v) is 1.67. The van der Waals surface area contributed by atoms with Crippen LogP contribution >= 0.6 is 11.6 Å². The molecule has 86 valence electrons. The van der Waals surface area contributed by atoms with Gasteiger partial charge in [-0.2, -0.15) is 8.78 Å². The van der Waals surface area contributed by atoms with Crippen molar-refractivity contribution >= 4 is 11.6 Å². The van der Waals surface area contributed by atoms with E-state index >= 15 is 0 Å². The van der Waals surface area contributed by atoms with Crippen LogP contribution in [0.15, 0.2) is 0 Å². The molecule has 0 fully saturated rings. The summed E-state index contributed by atoms with van der Waals surface area (Å²) in [5.74, 6) is 0. The summed E-state index contributed by atoms with van der Waals surface area (Å²) in [5.41, 5.74) is -2.82. The molecule has 0 bridgehead atoms. The van der Waals surface area contributed by atoms with Gasteiger partial charge in [-0.3, -0.25) is 0 Å². The van der Waals surface area contributed by atoms with Crippen LogP contribution in [0.2, 0.25) is 0 Å². The van der Waals surface area contributed by atoms with Gasteiger partial charge in [-0.05, 0) is 6.42 Å². The Hall–Kier alpha value is -0.0000000000000000555. The second-order valence-corrected chi connectivity index (χ2v) is 3.06. The maximum Gasteiger partial charge on any atom is 0.401 e. The zero-order valence-corrected chi connectivity index (χ0v) is 8.70. The van der Waals surface area contributed by atoms with Gasteiger partial charge >= 0.3 is 6.11 Å². The summed E-state index contributed by atoms with van der Waals surface area (Å²) in [6.45, 7) is 2.11. The fraction of sp³-hybridized carbons (Fsp3) is 1.00. The Morgan fingerprint density at radius 2 is 1.93 bits per heavy atom. The highest BCUT2D eigenvalue weighted by atomic mass is 35.5. The van der Waals surface area contributed by atoms with E-state index in [1.165, 1.54) is 0 Å². The average molecular weight is 235 g/mol. The molecule has 14 heavy (non-hydrogen) atoms. The molecule has 1 atom stereocenters. The molecule has 0 aliphatic carbocycles. The van der Waals surface area contributed by atoms with Crippen LogP contribution in [0, 0.1) is 0 Å². The Kier molecular flexibility index (Phi) is 7.31. The number of halogens is 4. The lowest BCUT2D eigenvalue weighted by Gasteiger charge is -2.16. The molecule has 0 radical (unpaired) electrons. The first kappa shape index (κ1) is 14.0. The molecule has 0 heterocycles. The molecule has 0 N–H and O–H groups in total. The highest BCUT2D eigenvalue weighted by Crippen LogP contribution is 2.25. The van der Waals surface area contributed by atoms with E-state index < -0.39 is 11.7 Å². The highest BCUT2D eigenvalue weighted by molar-refractivity contribution is 6.20. The lowest BCUT2D eigenvalue weighted by molar-refractivity contribution is -0.260. The summed E-state index contributed by atoms with van der Waals surface area (Å²) in [7, 11) is 0. The van der Waals surface area contributed by atoms with Crippen LogP contribution in [-0.2, 0) is 9.47 Å². The lowest BCUT2D eigenvalue weighted by atomic mass is 10.4. The molecule has 0 aliphatic rings. The number of hydrogen-bond acceptors (Lipinski definition) is 2. The number of ether oxygens (including phenoxy) is 2. The van der Waals surface area contributed by atoms with Crippen LogP contribution < -0.4 is 0 Å². The molecule has 0 saturated heterocycles. The molecule has 0 spiro atoms. The largest absolute Gasteiger partial charge is 0.401 e. The van der Waals surface area contributed by atoms with E-state index in [0.717, 1.165) is 12.8 Å². The molecular formula is C8H14ClF3O2. The van der Waals surface area contributed by atoms with E-state index in [1.807, 2.05) is 6.92 Å². The number of alkyl halides is 4. The molecule has 0 rings (SSSR count). The number of unbranched alkanes of at least 4 members (excludes halogenated alkanes) is 1. The molecule has 6 heteroatoms. The Morgan fingerprint density at radius 3 is 2.43 bits per heavy atom. The van der Waals surface area contributed by atoms with E-state index in [1.54, 1.807) is 0 Å². The zero-order valence-electron chi connectivity index (χ0n) is 7.94. The number of rotatable bonds is 8. The first-order valence-corrected chi connectivity index (χ1v) is 4.82. The molecule has 0 saturated carbocycles. The number of hydrogen-bond donors (Lipinski definition) is 0. The van der Waals surface area contributed by atoms with Crippen LogP contribution in [0.3, 0.4) is 0 Å². The van der Waals surface area contributed by atoms with E-state index in [2.05, 4.69) is 16.3 Å². The summed E-state index contributed by atoms with van der Waals surface area (Å²) in [6.07, 6.45) is -2.11. The van der Waals surface area contributed by atoms with Crippen molar-refractivity contribution in [3.63, 3.8) is 0 Å². The van der Waals surface area contributed by atoms with Crippen molar-refractivity contribution in [3.8, 4) is 0 Å². The summed E-state index contributed by atoms with van der Waals surface area (Å²) in [6, 6.07) is 0. The predicted octanol–water partition coefficient (Wildman–Crippen LogP) is 2.95. The first-order valence-electron chi connectivity index (χ1n) is 4.38. The van der Waals surface area contributed by atoms with Crippen LogP contribution in [0.5, 0.6) is 0 Å². The fourth-order valence-electron chi connectivity index (χ4n) is 0.648. The molecule has 2 nitrogen and oxygen atoms in total. The maximum absolute atomic E-state index is 12.3. The molecule has 0 aliphatic heterocycles. The van der Waals surface area contributed by atoms with Crippen LogP contribution in [0.1, 0.15) is 19.8 Å². The van der Waals surface area contributed by atoms with Crippen molar-refractivity contribution in [3.05, 3.63) is 0 Å². The van der Waals surface area contributed by atoms with E-state index in [9.17, 15) is 13.2 Å². The second kappa shape index (κ2) is 7.31. The Morgan fingerprint density at radius 1 is 1.29 bits per heavy atom. The summed E-state index contributed by atoms with van der Waals surface area (Å²) >= 11 is 4.55. The van der Waals surface area contributed by atoms with E-state index in [0.29, 0.717) is 6.61 Å². The minimum atomic E-state index is -3.93. The maximum atomic E-state index is 12.3. The van der Waals surface area contributed by atoms with Crippen molar-refractivity contribution in [2.24, 2.45) is 0 Å². The normalized spacial score (nSPS) is 14.4. The molecular weight excluding hydrogens is 221 g/mol. The van der Waals surface area contributed by atoms with Gasteiger partial charge in [0.2, 0.25) is 0 Å². The van der Waals surface area contributed by atoms with Crippen LogP contribution in [0.4, 0.5) is 13.2 Å². The third kappa shape index (κ3) is 6.45. The molecule has 0 aromatic carbocycles. The van der Waals surface area contributed by atoms with Crippen LogP contribution in [-0.4, -0.2) is 31.6 Å². The van der Waals surface area contributed by atoms with Crippen molar-refractivity contribution in [1.29, 1.82) is 0 Å². The van der Waals surface area contributed by atoms with Gasteiger partial charge in [0, 0.05) is 6.61 Å². The predicted molar refractivity (Wildman–Crippen MR) is 47.4 cm³/mol. The first-order chi connectivity index (χ1) is 6.50. The van der Waals surface area contributed by atoms with Gasteiger partial charge in [-0.25, -0.2) is 4.39 Å². The Bertz CT molecular complexity index is 145. The van der Waals surface area contributed by atoms with Crippen molar-refractivity contribution < 1.29 is 22.6 Å². The van der Waals surface area contributed by atoms with Gasteiger partial charge in [0.1, 0.15) is 0 Å². The van der Waals surface area contributed by atoms with E-state index in [-0.39, 0.29) is 13.2 Å². The van der Waals surface area contributed by atoms with Crippen molar-refractivity contribution in [2.45, 2.75) is 31.5 Å². The minimum Gasteiger partial charge on any atom is -0.379 e. The monoisotopic (exact) mass is 234 g/mol. The van der Waals surface area contributed by atoms with Gasteiger partial charge in [-0.15, -0.1) is 0 Å². The molecule has 0 aromatic rings. The van der Waals surface area contributed by atoms with Gasteiger partial charge in [0.15, 0.2) is 0 Å². The highest BCUT2D eigenvalue weighted by Gasteiger charge is 2.40. The third-order valence-electron chi connectivity index (χ3n) is 1.42. The van der Waals surface area contributed by atoms with Crippen LogP contribution in [0.25, 0.3) is 0 Å². The fourth-order valence-corrected chi connectivity index (χ4v) is 0.711. The van der Waals surface area contributed by atoms with Crippen molar-refractivity contribution in [1.82, 2.24) is 0 Å². The molecule has 1 unspecified atom stereocenters. The van der Waals surface area contributed by atoms with Gasteiger partial charge in [-0.1, -0.05) is 24.9 Å². The van der Waals surface area contributed by atoms with Gasteiger partial charge < -0.3 is 9.47 Å². The minimum absolute atomic E-state index is 0.0131. The summed E-state index contributed by atoms with van der Waals surface area (Å²) in [5, 5.41) is 0. The second-order valence-electron chi connectivity index (χ2n) is 2.68. The quantitative estimate of drug-likeness (QED) is 0.475. The zero-order chi connectivity index (χ0) is 11.0. The SMILES string of the molecule is CCCCOCCOC(F)(F)C(F)Cl. The standard InChI is InChI=1S/C8H14ClF3O2/c1-2-3-4-13-5-6-14-8(11,12)7(9)10/h7H,2-6H2,1H3.